The molecule has 0 spiro atoms. The molecule has 174 valence electrons. The lowest BCUT2D eigenvalue weighted by Gasteiger charge is -2.23. The molecule has 0 bridgehead atoms. The van der Waals surface area contributed by atoms with Crippen molar-refractivity contribution in [3.8, 4) is 5.75 Å². The molecule has 0 fully saturated rings. The standard InChI is InChI=1S/C26H30N2O4S/c1-19-6-5-7-24(17-19)28(33(4,30)31)18-22-9-11-23(12-10-22)26(29)27-14-15-32-25-13-8-20(2)16-21(25)3/h5-13,16-17H,14-15,18H2,1-4H3,(H,27,29). The van der Waals surface area contributed by atoms with Crippen LogP contribution in [0.1, 0.15) is 32.6 Å². The van der Waals surface area contributed by atoms with E-state index in [0.29, 0.717) is 24.4 Å². The van der Waals surface area contributed by atoms with E-state index < -0.39 is 10.0 Å². The molecule has 0 saturated carbocycles. The maximum atomic E-state index is 12.4. The van der Waals surface area contributed by atoms with E-state index in [0.717, 1.165) is 22.4 Å². The predicted molar refractivity (Wildman–Crippen MR) is 132 cm³/mol. The Morgan fingerprint density at radius 2 is 1.64 bits per heavy atom. The summed E-state index contributed by atoms with van der Waals surface area (Å²) in [4.78, 5) is 12.4. The number of rotatable bonds is 9. The number of nitrogens with zero attached hydrogens (tertiary/aromatic N) is 1. The van der Waals surface area contributed by atoms with Crippen LogP contribution in [0.2, 0.25) is 0 Å². The summed E-state index contributed by atoms with van der Waals surface area (Å²) in [6, 6.07) is 20.3. The molecule has 6 nitrogen and oxygen atoms in total. The summed E-state index contributed by atoms with van der Waals surface area (Å²) < 4.78 is 31.8. The Labute approximate surface area is 196 Å². The lowest BCUT2D eigenvalue weighted by Crippen LogP contribution is -2.29. The summed E-state index contributed by atoms with van der Waals surface area (Å²) in [5.74, 6) is 0.604. The van der Waals surface area contributed by atoms with Gasteiger partial charge in [-0.15, -0.1) is 0 Å². The van der Waals surface area contributed by atoms with Crippen LogP contribution in [-0.2, 0) is 16.6 Å². The second kappa shape index (κ2) is 10.5. The van der Waals surface area contributed by atoms with Gasteiger partial charge in [-0.1, -0.05) is 42.0 Å². The van der Waals surface area contributed by atoms with Crippen LogP contribution in [0.15, 0.2) is 66.7 Å². The highest BCUT2D eigenvalue weighted by molar-refractivity contribution is 7.92. The average molecular weight is 467 g/mol. The third-order valence-electron chi connectivity index (χ3n) is 5.21. The molecule has 0 atom stereocenters. The first kappa shape index (κ1) is 24.3. The van der Waals surface area contributed by atoms with Gasteiger partial charge in [-0.25, -0.2) is 8.42 Å². The Bertz CT molecular complexity index is 1220. The lowest BCUT2D eigenvalue weighted by molar-refractivity contribution is 0.0947. The number of nitrogens with one attached hydrogen (secondary N) is 1. The van der Waals surface area contributed by atoms with Gasteiger partial charge in [0.1, 0.15) is 12.4 Å². The molecule has 0 aliphatic heterocycles. The summed E-state index contributed by atoms with van der Waals surface area (Å²) >= 11 is 0. The van der Waals surface area contributed by atoms with E-state index in [4.69, 9.17) is 4.74 Å². The van der Waals surface area contributed by atoms with Crippen molar-refractivity contribution < 1.29 is 17.9 Å². The third-order valence-corrected chi connectivity index (χ3v) is 6.35. The lowest BCUT2D eigenvalue weighted by atomic mass is 10.1. The molecule has 0 aliphatic rings. The van der Waals surface area contributed by atoms with Gasteiger partial charge in [0.15, 0.2) is 0 Å². The molecule has 0 saturated heterocycles. The molecule has 33 heavy (non-hydrogen) atoms. The maximum absolute atomic E-state index is 12.4. The van der Waals surface area contributed by atoms with Crippen molar-refractivity contribution in [2.75, 3.05) is 23.7 Å². The Morgan fingerprint density at radius 1 is 0.939 bits per heavy atom. The van der Waals surface area contributed by atoms with Gasteiger partial charge in [0, 0.05) is 5.56 Å². The Morgan fingerprint density at radius 3 is 2.27 bits per heavy atom. The number of ether oxygens (including phenoxy) is 1. The van der Waals surface area contributed by atoms with Crippen LogP contribution in [-0.4, -0.2) is 33.7 Å². The quantitative estimate of drug-likeness (QED) is 0.475. The van der Waals surface area contributed by atoms with E-state index in [2.05, 4.69) is 11.4 Å². The molecule has 3 rings (SSSR count). The fourth-order valence-corrected chi connectivity index (χ4v) is 4.38. The van der Waals surface area contributed by atoms with Crippen molar-refractivity contribution in [2.24, 2.45) is 0 Å². The number of hydrogen-bond acceptors (Lipinski definition) is 4. The van der Waals surface area contributed by atoms with Gasteiger partial charge in [0.2, 0.25) is 10.0 Å². The van der Waals surface area contributed by atoms with Gasteiger partial charge in [0.05, 0.1) is 25.0 Å². The molecule has 7 heteroatoms. The molecule has 1 amide bonds. The van der Waals surface area contributed by atoms with Crippen molar-refractivity contribution in [1.82, 2.24) is 5.32 Å². The number of hydrogen-bond donors (Lipinski definition) is 1. The summed E-state index contributed by atoms with van der Waals surface area (Å²) in [7, 11) is -3.46. The van der Waals surface area contributed by atoms with Gasteiger partial charge < -0.3 is 10.1 Å². The van der Waals surface area contributed by atoms with Crippen LogP contribution >= 0.6 is 0 Å². The minimum Gasteiger partial charge on any atom is -0.491 e. The van der Waals surface area contributed by atoms with E-state index in [1.165, 1.54) is 16.1 Å². The highest BCUT2D eigenvalue weighted by Crippen LogP contribution is 2.22. The van der Waals surface area contributed by atoms with Crippen molar-refractivity contribution in [2.45, 2.75) is 27.3 Å². The number of sulfonamides is 1. The zero-order valence-electron chi connectivity index (χ0n) is 19.5. The summed E-state index contributed by atoms with van der Waals surface area (Å²) in [5, 5.41) is 2.85. The zero-order valence-corrected chi connectivity index (χ0v) is 20.3. The van der Waals surface area contributed by atoms with Crippen LogP contribution in [0.3, 0.4) is 0 Å². The van der Waals surface area contributed by atoms with Gasteiger partial charge >= 0.3 is 0 Å². The van der Waals surface area contributed by atoms with Gasteiger partial charge in [-0.2, -0.15) is 0 Å². The molecule has 3 aromatic carbocycles. The first-order chi connectivity index (χ1) is 15.6. The Balaban J connectivity index is 1.57. The van der Waals surface area contributed by atoms with Crippen molar-refractivity contribution >= 4 is 21.6 Å². The first-order valence-corrected chi connectivity index (χ1v) is 12.6. The fraction of sp³-hybridized carbons (Fsp3) is 0.269. The SMILES string of the molecule is Cc1cccc(N(Cc2ccc(C(=O)NCCOc3ccc(C)cc3C)cc2)S(C)(=O)=O)c1. The molecule has 0 radical (unpaired) electrons. The minimum atomic E-state index is -3.46. The molecule has 0 aliphatic carbocycles. The van der Waals surface area contributed by atoms with Crippen LogP contribution < -0.4 is 14.4 Å². The topological polar surface area (TPSA) is 75.7 Å². The molecule has 3 aromatic rings. The van der Waals surface area contributed by atoms with E-state index in [1.54, 1.807) is 30.3 Å². The smallest absolute Gasteiger partial charge is 0.251 e. The van der Waals surface area contributed by atoms with Crippen LogP contribution in [0, 0.1) is 20.8 Å². The minimum absolute atomic E-state index is 0.188. The number of benzene rings is 3. The van der Waals surface area contributed by atoms with Crippen molar-refractivity contribution in [1.29, 1.82) is 0 Å². The first-order valence-electron chi connectivity index (χ1n) is 10.7. The zero-order chi connectivity index (χ0) is 24.0. The monoisotopic (exact) mass is 466 g/mol. The predicted octanol–water partition coefficient (Wildman–Crippen LogP) is 4.39. The molecule has 1 N–H and O–H groups in total. The highest BCUT2D eigenvalue weighted by atomic mass is 32.2. The summed E-state index contributed by atoms with van der Waals surface area (Å²) in [6.07, 6.45) is 1.19. The normalized spacial score (nSPS) is 11.2. The van der Waals surface area contributed by atoms with E-state index in [9.17, 15) is 13.2 Å². The molecule has 0 unspecified atom stereocenters. The van der Waals surface area contributed by atoms with E-state index in [-0.39, 0.29) is 12.5 Å². The fourth-order valence-electron chi connectivity index (χ4n) is 3.50. The number of anilines is 1. The van der Waals surface area contributed by atoms with Gasteiger partial charge in [-0.05, 0) is 67.8 Å². The molecular weight excluding hydrogens is 436 g/mol. The van der Waals surface area contributed by atoms with Gasteiger partial charge in [0.25, 0.3) is 5.91 Å². The molecule has 0 aromatic heterocycles. The van der Waals surface area contributed by atoms with Crippen molar-refractivity contribution in [3.63, 3.8) is 0 Å². The van der Waals surface area contributed by atoms with E-state index in [1.807, 2.05) is 51.1 Å². The van der Waals surface area contributed by atoms with E-state index >= 15 is 0 Å². The average Bonchev–Trinajstić information content (AvgIpc) is 2.75. The second-order valence-electron chi connectivity index (χ2n) is 8.18. The third kappa shape index (κ3) is 6.83. The van der Waals surface area contributed by atoms with Crippen molar-refractivity contribution in [3.05, 3.63) is 94.5 Å². The second-order valence-corrected chi connectivity index (χ2v) is 10.1. The largest absolute Gasteiger partial charge is 0.491 e. The highest BCUT2D eigenvalue weighted by Gasteiger charge is 2.18. The number of aryl methyl sites for hydroxylation is 3. The van der Waals surface area contributed by atoms with Crippen LogP contribution in [0.4, 0.5) is 5.69 Å². The Hall–Kier alpha value is -3.32. The number of carbonyl (C=O) groups excluding carboxylic acids is 1. The van der Waals surface area contributed by atoms with Gasteiger partial charge in [-0.3, -0.25) is 9.10 Å². The Kier molecular flexibility index (Phi) is 7.76. The summed E-state index contributed by atoms with van der Waals surface area (Å²) in [6.45, 7) is 6.88. The van der Waals surface area contributed by atoms with Crippen LogP contribution in [0.5, 0.6) is 5.75 Å². The number of amides is 1. The molecular formula is C26H30N2O4S. The maximum Gasteiger partial charge on any atom is 0.251 e. The summed E-state index contributed by atoms with van der Waals surface area (Å²) in [5.41, 5.74) is 5.13. The number of carbonyl (C=O) groups is 1. The molecule has 0 heterocycles. The van der Waals surface area contributed by atoms with Crippen LogP contribution in [0.25, 0.3) is 0 Å².